The fourth-order valence-electron chi connectivity index (χ4n) is 4.16. The third-order valence-corrected chi connectivity index (χ3v) is 6.44. The largest absolute Gasteiger partial charge is 0.342 e. The van der Waals surface area contributed by atoms with Crippen molar-refractivity contribution in [3.05, 3.63) is 34.4 Å². The second kappa shape index (κ2) is 7.24. The Labute approximate surface area is 153 Å². The van der Waals surface area contributed by atoms with Crippen LogP contribution < -0.4 is 0 Å². The van der Waals surface area contributed by atoms with E-state index in [1.165, 1.54) is 24.0 Å². The molecule has 2 aliphatic rings. The first-order valence-corrected chi connectivity index (χ1v) is 10.3. The molecule has 1 aliphatic heterocycles. The molecule has 0 radical (unpaired) electrons. The van der Waals surface area contributed by atoms with Gasteiger partial charge in [-0.1, -0.05) is 6.92 Å². The van der Waals surface area contributed by atoms with E-state index in [9.17, 15) is 4.79 Å². The van der Waals surface area contributed by atoms with Crippen LogP contribution in [0.2, 0.25) is 0 Å². The van der Waals surface area contributed by atoms with Crippen LogP contribution in [0.4, 0.5) is 0 Å². The lowest BCUT2D eigenvalue weighted by Crippen LogP contribution is -2.39. The number of aromatic nitrogens is 2. The van der Waals surface area contributed by atoms with E-state index in [1.807, 2.05) is 0 Å². The Morgan fingerprint density at radius 2 is 1.96 bits per heavy atom. The van der Waals surface area contributed by atoms with Gasteiger partial charge in [0.15, 0.2) is 0 Å². The van der Waals surface area contributed by atoms with Gasteiger partial charge in [0.25, 0.3) is 0 Å². The zero-order valence-electron chi connectivity index (χ0n) is 14.8. The number of amides is 1. The highest BCUT2D eigenvalue weighted by atomic mass is 32.1. The van der Waals surface area contributed by atoms with Gasteiger partial charge < -0.3 is 4.90 Å². The van der Waals surface area contributed by atoms with E-state index < -0.39 is 0 Å². The lowest BCUT2D eigenvalue weighted by Gasteiger charge is -2.30. The zero-order chi connectivity index (χ0) is 17.2. The molecule has 1 saturated carbocycles. The van der Waals surface area contributed by atoms with Crippen LogP contribution in [-0.2, 0) is 17.6 Å². The van der Waals surface area contributed by atoms with Crippen LogP contribution >= 0.6 is 11.3 Å². The highest BCUT2D eigenvalue weighted by molar-refractivity contribution is 7.08. The molecule has 25 heavy (non-hydrogen) atoms. The second-order valence-electron chi connectivity index (χ2n) is 7.44. The summed E-state index contributed by atoms with van der Waals surface area (Å²) in [7, 11) is 0. The van der Waals surface area contributed by atoms with E-state index in [0.29, 0.717) is 5.91 Å². The zero-order valence-corrected chi connectivity index (χ0v) is 15.6. The van der Waals surface area contributed by atoms with E-state index in [-0.39, 0.29) is 5.92 Å². The van der Waals surface area contributed by atoms with Gasteiger partial charge in [-0.25, -0.2) is 9.97 Å². The fourth-order valence-corrected chi connectivity index (χ4v) is 4.80. The van der Waals surface area contributed by atoms with Crippen LogP contribution in [0.5, 0.6) is 0 Å². The van der Waals surface area contributed by atoms with E-state index in [0.717, 1.165) is 56.1 Å². The van der Waals surface area contributed by atoms with E-state index in [4.69, 9.17) is 0 Å². The van der Waals surface area contributed by atoms with Crippen molar-refractivity contribution in [2.45, 2.75) is 45.4 Å². The molecule has 3 heterocycles. The van der Waals surface area contributed by atoms with Crippen molar-refractivity contribution in [3.63, 3.8) is 0 Å². The van der Waals surface area contributed by atoms with Crippen molar-refractivity contribution in [2.24, 2.45) is 11.8 Å². The molecule has 2 aromatic rings. The summed E-state index contributed by atoms with van der Waals surface area (Å²) in [6.45, 7) is 3.88. The maximum Gasteiger partial charge on any atom is 0.225 e. The van der Waals surface area contributed by atoms with Crippen LogP contribution in [0.25, 0.3) is 11.3 Å². The van der Waals surface area contributed by atoms with Gasteiger partial charge in [0.2, 0.25) is 5.91 Å². The third-order valence-electron chi connectivity index (χ3n) is 5.76. The van der Waals surface area contributed by atoms with Gasteiger partial charge in [0, 0.05) is 47.6 Å². The lowest BCUT2D eigenvalue weighted by molar-refractivity contribution is -0.136. The minimum Gasteiger partial charge on any atom is -0.342 e. The van der Waals surface area contributed by atoms with E-state index in [1.54, 1.807) is 17.7 Å². The summed E-state index contributed by atoms with van der Waals surface area (Å²) in [4.78, 5) is 24.1. The molecule has 5 heteroatoms. The first-order valence-electron chi connectivity index (χ1n) is 9.36. The standard InChI is InChI=1S/C20H25N3OS/c1-14-2-4-15(5-3-14)20(24)23-9-6-17-18(7-10-23)21-13-22-19(17)16-8-11-25-12-16/h8,11-15H,2-7,9-10H2,1H3. The molecular formula is C20H25N3OS. The number of fused-ring (bicyclic) bond motifs is 1. The Morgan fingerprint density at radius 1 is 1.16 bits per heavy atom. The number of nitrogens with zero attached hydrogens (tertiary/aromatic N) is 3. The molecule has 0 N–H and O–H groups in total. The van der Waals surface area contributed by atoms with Crippen LogP contribution in [0.15, 0.2) is 23.2 Å². The molecule has 1 amide bonds. The number of hydrogen-bond acceptors (Lipinski definition) is 4. The Kier molecular flexibility index (Phi) is 4.84. The lowest BCUT2D eigenvalue weighted by atomic mass is 9.82. The number of carbonyl (C=O) groups is 1. The van der Waals surface area contributed by atoms with Gasteiger partial charge in [0.05, 0.1) is 5.69 Å². The molecule has 0 spiro atoms. The molecule has 0 bridgehead atoms. The SMILES string of the molecule is CC1CCC(C(=O)N2CCc3ncnc(-c4ccsc4)c3CC2)CC1. The van der Waals surface area contributed by atoms with Crippen LogP contribution in [0.3, 0.4) is 0 Å². The van der Waals surface area contributed by atoms with Gasteiger partial charge in [-0.05, 0) is 49.5 Å². The number of hydrogen-bond donors (Lipinski definition) is 0. The van der Waals surface area contributed by atoms with Crippen LogP contribution in [0.1, 0.15) is 43.9 Å². The van der Waals surface area contributed by atoms with Crippen molar-refractivity contribution >= 4 is 17.2 Å². The van der Waals surface area contributed by atoms with Crippen LogP contribution in [0, 0.1) is 11.8 Å². The topological polar surface area (TPSA) is 46.1 Å². The summed E-state index contributed by atoms with van der Waals surface area (Å²) >= 11 is 1.69. The van der Waals surface area contributed by atoms with Gasteiger partial charge in [-0.2, -0.15) is 11.3 Å². The average molecular weight is 356 g/mol. The second-order valence-corrected chi connectivity index (χ2v) is 8.22. The Morgan fingerprint density at radius 3 is 2.72 bits per heavy atom. The monoisotopic (exact) mass is 355 g/mol. The van der Waals surface area contributed by atoms with Crippen LogP contribution in [-0.4, -0.2) is 33.9 Å². The molecule has 1 aliphatic carbocycles. The summed E-state index contributed by atoms with van der Waals surface area (Å²) in [5.74, 6) is 1.38. The van der Waals surface area contributed by atoms with Crippen molar-refractivity contribution < 1.29 is 4.79 Å². The van der Waals surface area contributed by atoms with Crippen molar-refractivity contribution in [1.29, 1.82) is 0 Å². The Bertz CT molecular complexity index is 735. The predicted octanol–water partition coefficient (Wildman–Crippen LogP) is 3.96. The quantitative estimate of drug-likeness (QED) is 0.819. The predicted molar refractivity (Wildman–Crippen MR) is 100 cm³/mol. The maximum absolute atomic E-state index is 13.0. The smallest absolute Gasteiger partial charge is 0.225 e. The summed E-state index contributed by atoms with van der Waals surface area (Å²) < 4.78 is 0. The summed E-state index contributed by atoms with van der Waals surface area (Å²) in [6, 6.07) is 2.12. The van der Waals surface area contributed by atoms with Gasteiger partial charge in [-0.15, -0.1) is 0 Å². The highest BCUT2D eigenvalue weighted by Crippen LogP contribution is 2.31. The van der Waals surface area contributed by atoms with E-state index >= 15 is 0 Å². The molecule has 132 valence electrons. The molecule has 4 nitrogen and oxygen atoms in total. The maximum atomic E-state index is 13.0. The van der Waals surface area contributed by atoms with Crippen molar-refractivity contribution in [3.8, 4) is 11.3 Å². The van der Waals surface area contributed by atoms with Crippen molar-refractivity contribution in [2.75, 3.05) is 13.1 Å². The molecular weight excluding hydrogens is 330 g/mol. The third kappa shape index (κ3) is 3.47. The molecule has 1 fully saturated rings. The molecule has 0 unspecified atom stereocenters. The molecule has 0 aromatic carbocycles. The fraction of sp³-hybridized carbons (Fsp3) is 0.550. The number of carbonyl (C=O) groups excluding carboxylic acids is 1. The minimum atomic E-state index is 0.236. The first-order chi connectivity index (χ1) is 12.2. The first kappa shape index (κ1) is 16.7. The molecule has 2 aromatic heterocycles. The summed E-state index contributed by atoms with van der Waals surface area (Å²) in [5.41, 5.74) is 4.56. The molecule has 0 saturated heterocycles. The normalized spacial score (nSPS) is 23.8. The summed E-state index contributed by atoms with van der Waals surface area (Å²) in [6.07, 6.45) is 7.87. The average Bonchev–Trinajstić information content (AvgIpc) is 3.08. The highest BCUT2D eigenvalue weighted by Gasteiger charge is 2.29. The van der Waals surface area contributed by atoms with Gasteiger partial charge >= 0.3 is 0 Å². The van der Waals surface area contributed by atoms with E-state index in [2.05, 4.69) is 38.6 Å². The minimum absolute atomic E-state index is 0.236. The van der Waals surface area contributed by atoms with Gasteiger partial charge in [0.1, 0.15) is 6.33 Å². The molecule has 0 atom stereocenters. The number of rotatable bonds is 2. The Hall–Kier alpha value is -1.75. The molecule has 4 rings (SSSR count). The number of thiophene rings is 1. The summed E-state index contributed by atoms with van der Waals surface area (Å²) in [5, 5.41) is 4.22. The van der Waals surface area contributed by atoms with Crippen molar-refractivity contribution in [1.82, 2.24) is 14.9 Å². The van der Waals surface area contributed by atoms with Gasteiger partial charge in [-0.3, -0.25) is 4.79 Å². The Balaban J connectivity index is 1.50.